The Morgan fingerprint density at radius 2 is 1.28 bits per heavy atom. The summed E-state index contributed by atoms with van der Waals surface area (Å²) in [5.74, 6) is 0. The second kappa shape index (κ2) is 17.2. The van der Waals surface area contributed by atoms with Gasteiger partial charge in [-0.05, 0) is 6.42 Å². The molecule has 0 aromatic heterocycles. The molecule has 0 radical (unpaired) electrons. The second-order valence-corrected chi connectivity index (χ2v) is 7.61. The molecular weight excluding hydrogens is 318 g/mol. The van der Waals surface area contributed by atoms with E-state index in [4.69, 9.17) is 14.9 Å². The summed E-state index contributed by atoms with van der Waals surface area (Å²) >= 11 is 0. The minimum Gasteiger partial charge on any atom is -0.391 e. The zero-order valence-electron chi connectivity index (χ0n) is 16.8. The van der Waals surface area contributed by atoms with E-state index in [0.29, 0.717) is 37.3 Å². The molecular formula is C20H44NO4+. The standard InChI is InChI=1S/C20H44NO4/c1-3-4-5-6-7-8-9-10-11-12-17-25-19-20(24)18-21(2,13-15-22)14-16-23/h20,22-24H,3-19H2,1-2H3/q+1/t20-/m1/s1. The molecule has 0 unspecified atom stereocenters. The molecule has 0 bridgehead atoms. The summed E-state index contributed by atoms with van der Waals surface area (Å²) in [6.07, 6.45) is 12.5. The van der Waals surface area contributed by atoms with Crippen LogP contribution in [-0.2, 0) is 4.74 Å². The lowest BCUT2D eigenvalue weighted by atomic mass is 10.1. The molecule has 5 heteroatoms. The van der Waals surface area contributed by atoms with E-state index in [1.54, 1.807) is 0 Å². The van der Waals surface area contributed by atoms with E-state index in [0.717, 1.165) is 6.42 Å². The molecule has 0 heterocycles. The first-order valence-corrected chi connectivity index (χ1v) is 10.4. The van der Waals surface area contributed by atoms with E-state index in [-0.39, 0.29) is 13.2 Å². The Bertz CT molecular complexity index is 270. The van der Waals surface area contributed by atoms with Gasteiger partial charge in [-0.15, -0.1) is 0 Å². The Morgan fingerprint density at radius 1 is 0.800 bits per heavy atom. The molecule has 0 aliphatic carbocycles. The third-order valence-corrected chi connectivity index (χ3v) is 4.88. The zero-order chi connectivity index (χ0) is 18.8. The van der Waals surface area contributed by atoms with Crippen molar-refractivity contribution in [1.29, 1.82) is 0 Å². The largest absolute Gasteiger partial charge is 0.391 e. The number of ether oxygens (including phenoxy) is 1. The summed E-state index contributed by atoms with van der Waals surface area (Å²) in [7, 11) is 1.94. The number of unbranched alkanes of at least 4 members (excludes halogenated alkanes) is 9. The Morgan fingerprint density at radius 3 is 1.76 bits per heavy atom. The van der Waals surface area contributed by atoms with E-state index in [1.807, 2.05) is 7.05 Å². The molecule has 1 atom stereocenters. The predicted octanol–water partition coefficient (Wildman–Crippen LogP) is 2.72. The van der Waals surface area contributed by atoms with Crippen molar-refractivity contribution in [2.75, 3.05) is 53.1 Å². The summed E-state index contributed by atoms with van der Waals surface area (Å²) in [4.78, 5) is 0. The Labute approximate surface area is 155 Å². The first-order chi connectivity index (χ1) is 12.1. The third-order valence-electron chi connectivity index (χ3n) is 4.88. The van der Waals surface area contributed by atoms with Crippen LogP contribution in [0.1, 0.15) is 71.1 Å². The Kier molecular flexibility index (Phi) is 17.1. The van der Waals surface area contributed by atoms with Crippen LogP contribution in [0.15, 0.2) is 0 Å². The zero-order valence-corrected chi connectivity index (χ0v) is 16.8. The van der Waals surface area contributed by atoms with Crippen molar-refractivity contribution in [2.45, 2.75) is 77.2 Å². The number of hydrogen-bond donors (Lipinski definition) is 3. The normalized spacial score (nSPS) is 13.3. The van der Waals surface area contributed by atoms with E-state index in [1.165, 1.54) is 57.8 Å². The van der Waals surface area contributed by atoms with Gasteiger partial charge in [0.05, 0.1) is 26.9 Å². The van der Waals surface area contributed by atoms with Crippen LogP contribution >= 0.6 is 0 Å². The minimum absolute atomic E-state index is 0.0582. The van der Waals surface area contributed by atoms with E-state index >= 15 is 0 Å². The van der Waals surface area contributed by atoms with Crippen molar-refractivity contribution in [3.05, 3.63) is 0 Å². The van der Waals surface area contributed by atoms with Gasteiger partial charge in [-0.25, -0.2) is 0 Å². The van der Waals surface area contributed by atoms with Gasteiger partial charge in [-0.1, -0.05) is 64.7 Å². The number of quaternary nitrogens is 1. The summed E-state index contributed by atoms with van der Waals surface area (Å²) in [5.41, 5.74) is 0. The molecule has 0 aliphatic rings. The molecule has 5 nitrogen and oxygen atoms in total. The van der Waals surface area contributed by atoms with E-state index < -0.39 is 6.10 Å². The maximum absolute atomic E-state index is 10.1. The molecule has 0 amide bonds. The second-order valence-electron chi connectivity index (χ2n) is 7.61. The fourth-order valence-corrected chi connectivity index (χ4v) is 3.25. The summed E-state index contributed by atoms with van der Waals surface area (Å²) in [6.45, 7) is 4.99. The lowest BCUT2D eigenvalue weighted by molar-refractivity contribution is -0.913. The number of hydrogen-bond acceptors (Lipinski definition) is 4. The average Bonchev–Trinajstić information content (AvgIpc) is 2.56. The van der Waals surface area contributed by atoms with Crippen molar-refractivity contribution in [2.24, 2.45) is 0 Å². The number of aliphatic hydroxyl groups is 3. The average molecular weight is 363 g/mol. The van der Waals surface area contributed by atoms with Gasteiger partial charge in [-0.3, -0.25) is 0 Å². The number of rotatable bonds is 19. The summed E-state index contributed by atoms with van der Waals surface area (Å²) < 4.78 is 6.05. The first kappa shape index (κ1) is 24.8. The minimum atomic E-state index is -0.550. The summed E-state index contributed by atoms with van der Waals surface area (Å²) in [6, 6.07) is 0. The number of likely N-dealkylation sites (N-methyl/N-ethyl adjacent to an activating group) is 1. The van der Waals surface area contributed by atoms with Gasteiger partial charge >= 0.3 is 0 Å². The van der Waals surface area contributed by atoms with Gasteiger partial charge in [0.25, 0.3) is 0 Å². The van der Waals surface area contributed by atoms with Gasteiger partial charge in [0, 0.05) is 6.61 Å². The Hall–Kier alpha value is -0.200. The monoisotopic (exact) mass is 362 g/mol. The number of aliphatic hydroxyl groups excluding tert-OH is 3. The van der Waals surface area contributed by atoms with Crippen LogP contribution in [0.2, 0.25) is 0 Å². The van der Waals surface area contributed by atoms with Gasteiger partial charge in [0.1, 0.15) is 25.7 Å². The molecule has 0 spiro atoms. The molecule has 0 rings (SSSR count). The highest BCUT2D eigenvalue weighted by Gasteiger charge is 2.24. The molecule has 0 aromatic rings. The molecule has 25 heavy (non-hydrogen) atoms. The maximum Gasteiger partial charge on any atom is 0.126 e. The summed E-state index contributed by atoms with van der Waals surface area (Å²) in [5, 5.41) is 28.3. The fraction of sp³-hybridized carbons (Fsp3) is 1.00. The fourth-order valence-electron chi connectivity index (χ4n) is 3.25. The highest BCUT2D eigenvalue weighted by Crippen LogP contribution is 2.10. The molecule has 0 aliphatic heterocycles. The van der Waals surface area contributed by atoms with Crippen LogP contribution in [0, 0.1) is 0 Å². The van der Waals surface area contributed by atoms with Crippen LogP contribution < -0.4 is 0 Å². The van der Waals surface area contributed by atoms with Gasteiger partial charge in [-0.2, -0.15) is 0 Å². The highest BCUT2D eigenvalue weighted by atomic mass is 16.5. The van der Waals surface area contributed by atoms with Crippen LogP contribution in [0.3, 0.4) is 0 Å². The molecule has 0 saturated carbocycles. The molecule has 152 valence electrons. The van der Waals surface area contributed by atoms with Crippen molar-refractivity contribution < 1.29 is 24.5 Å². The molecule has 0 saturated heterocycles. The quantitative estimate of drug-likeness (QED) is 0.244. The van der Waals surface area contributed by atoms with E-state index in [9.17, 15) is 5.11 Å². The van der Waals surface area contributed by atoms with Crippen LogP contribution in [0.4, 0.5) is 0 Å². The number of nitrogens with zero attached hydrogens (tertiary/aromatic N) is 1. The lowest BCUT2D eigenvalue weighted by Gasteiger charge is -2.35. The highest BCUT2D eigenvalue weighted by molar-refractivity contribution is 4.54. The molecule has 3 N–H and O–H groups in total. The van der Waals surface area contributed by atoms with Crippen molar-refractivity contribution >= 4 is 0 Å². The SMILES string of the molecule is CCCCCCCCCCCCOC[C@H](O)C[N+](C)(CCO)CCO. The van der Waals surface area contributed by atoms with Crippen molar-refractivity contribution in [3.63, 3.8) is 0 Å². The topological polar surface area (TPSA) is 69.9 Å². The van der Waals surface area contributed by atoms with Crippen LogP contribution in [0.5, 0.6) is 0 Å². The van der Waals surface area contributed by atoms with Gasteiger partial charge < -0.3 is 24.5 Å². The predicted molar refractivity (Wildman–Crippen MR) is 104 cm³/mol. The molecule has 0 fully saturated rings. The molecule has 0 aromatic carbocycles. The van der Waals surface area contributed by atoms with Gasteiger partial charge in [0.2, 0.25) is 0 Å². The van der Waals surface area contributed by atoms with Crippen molar-refractivity contribution in [3.8, 4) is 0 Å². The maximum atomic E-state index is 10.1. The van der Waals surface area contributed by atoms with Crippen molar-refractivity contribution in [1.82, 2.24) is 0 Å². The first-order valence-electron chi connectivity index (χ1n) is 10.4. The lowest BCUT2D eigenvalue weighted by Crippen LogP contribution is -2.52. The smallest absolute Gasteiger partial charge is 0.126 e. The third kappa shape index (κ3) is 15.7. The van der Waals surface area contributed by atoms with E-state index in [2.05, 4.69) is 6.92 Å². The van der Waals surface area contributed by atoms with Crippen LogP contribution in [0.25, 0.3) is 0 Å². The Balaban J connectivity index is 3.49. The van der Waals surface area contributed by atoms with Crippen LogP contribution in [-0.4, -0.2) is 79.0 Å². The van der Waals surface area contributed by atoms with Gasteiger partial charge in [0.15, 0.2) is 0 Å².